The van der Waals surface area contributed by atoms with Gasteiger partial charge in [-0.05, 0) is 105 Å². The highest BCUT2D eigenvalue weighted by Crippen LogP contribution is 2.35. The van der Waals surface area contributed by atoms with E-state index in [0.29, 0.717) is 11.7 Å². The maximum atomic E-state index is 6.13. The average Bonchev–Trinajstić information content (AvgIpc) is 3.06. The molecule has 6 nitrogen and oxygen atoms in total. The Balaban J connectivity index is 0.000000570. The predicted octanol–water partition coefficient (Wildman–Crippen LogP) is 8.38. The molecule has 0 atom stereocenters. The summed E-state index contributed by atoms with van der Waals surface area (Å²) in [6.45, 7) is 22.4. The molecule has 0 radical (unpaired) electrons. The molecule has 0 aliphatic heterocycles. The highest BCUT2D eigenvalue weighted by atomic mass is 15.4. The summed E-state index contributed by atoms with van der Waals surface area (Å²) in [5.74, 6) is 5.68. The van der Waals surface area contributed by atoms with E-state index in [0.717, 1.165) is 24.4 Å². The Hall–Kier alpha value is -3.74. The minimum Gasteiger partial charge on any atom is -0.397 e. The van der Waals surface area contributed by atoms with Gasteiger partial charge >= 0.3 is 0 Å². The lowest BCUT2D eigenvalue weighted by atomic mass is 9.91. The maximum Gasteiger partial charge on any atom is 0.0564 e. The van der Waals surface area contributed by atoms with Crippen LogP contribution in [-0.2, 0) is 0 Å². The number of nitrogens with two attached hydrogens (primary N) is 2. The Labute approximate surface area is 275 Å². The van der Waals surface area contributed by atoms with Gasteiger partial charge in [-0.2, -0.15) is 0 Å². The lowest BCUT2D eigenvalue weighted by molar-refractivity contribution is 0.418. The third-order valence-corrected chi connectivity index (χ3v) is 8.15. The van der Waals surface area contributed by atoms with Crippen molar-refractivity contribution in [2.45, 2.75) is 79.7 Å². The highest BCUT2D eigenvalue weighted by Gasteiger charge is 2.22. The van der Waals surface area contributed by atoms with Crippen molar-refractivity contribution < 1.29 is 0 Å². The average molecular weight is 615 g/mol. The lowest BCUT2D eigenvalue weighted by Crippen LogP contribution is -2.37. The number of anilines is 1. The van der Waals surface area contributed by atoms with E-state index >= 15 is 0 Å². The van der Waals surface area contributed by atoms with Crippen LogP contribution >= 0.6 is 0 Å². The molecule has 1 aliphatic carbocycles. The van der Waals surface area contributed by atoms with Gasteiger partial charge in [0.1, 0.15) is 0 Å². The number of nitrogens with zero attached hydrogens (tertiary/aromatic N) is 2. The molecule has 0 aromatic heterocycles. The molecular weight excluding hydrogens is 552 g/mol. The van der Waals surface area contributed by atoms with Crippen molar-refractivity contribution in [1.82, 2.24) is 15.6 Å². The zero-order chi connectivity index (χ0) is 33.9. The fourth-order valence-corrected chi connectivity index (χ4v) is 5.62. The number of hydrazine groups is 1. The molecule has 0 spiro atoms. The number of hydrogen-bond acceptors (Lipinski definition) is 6. The molecule has 2 aromatic rings. The first-order valence-electron chi connectivity index (χ1n) is 16.5. The van der Waals surface area contributed by atoms with Gasteiger partial charge < -0.3 is 26.3 Å². The van der Waals surface area contributed by atoms with E-state index in [4.69, 9.17) is 11.6 Å². The number of nitrogens with one attached hydrogen (secondary N) is 2. The largest absolute Gasteiger partial charge is 0.397 e. The van der Waals surface area contributed by atoms with Crippen LogP contribution in [0.5, 0.6) is 0 Å². The molecule has 0 heterocycles. The number of benzene rings is 2. The predicted molar refractivity (Wildman–Crippen MR) is 202 cm³/mol. The minimum atomic E-state index is 0.635. The first kappa shape index (κ1) is 39.3. The van der Waals surface area contributed by atoms with Gasteiger partial charge in [-0.25, -0.2) is 5.84 Å². The van der Waals surface area contributed by atoms with Gasteiger partial charge in [-0.3, -0.25) is 0 Å². The fraction of sp³-hybridized carbons (Fsp3) is 0.436. The number of hydrogen-bond donors (Lipinski definition) is 4. The van der Waals surface area contributed by atoms with E-state index in [1.807, 2.05) is 47.0 Å². The first-order valence-corrected chi connectivity index (χ1v) is 16.5. The third kappa shape index (κ3) is 12.3. The van der Waals surface area contributed by atoms with Gasteiger partial charge in [0.25, 0.3) is 0 Å². The van der Waals surface area contributed by atoms with Gasteiger partial charge in [0.15, 0.2) is 0 Å². The van der Waals surface area contributed by atoms with Gasteiger partial charge in [0.2, 0.25) is 0 Å². The van der Waals surface area contributed by atoms with Crippen LogP contribution in [0.4, 0.5) is 5.69 Å². The smallest absolute Gasteiger partial charge is 0.0564 e. The number of allylic oxidation sites excluding steroid dienone is 3. The Morgan fingerprint density at radius 1 is 1.00 bits per heavy atom. The fourth-order valence-electron chi connectivity index (χ4n) is 5.62. The Bertz CT molecular complexity index is 1280. The highest BCUT2D eigenvalue weighted by molar-refractivity contribution is 5.77. The van der Waals surface area contributed by atoms with E-state index < -0.39 is 0 Å². The second kappa shape index (κ2) is 21.1. The van der Waals surface area contributed by atoms with Gasteiger partial charge in [-0.1, -0.05) is 82.7 Å². The summed E-state index contributed by atoms with van der Waals surface area (Å²) in [5.41, 5.74) is 17.6. The molecule has 1 fully saturated rings. The summed E-state index contributed by atoms with van der Waals surface area (Å²) in [4.78, 5) is 2.61. The summed E-state index contributed by atoms with van der Waals surface area (Å²) in [5, 5.41) is 7.67. The van der Waals surface area contributed by atoms with Crippen LogP contribution in [0.2, 0.25) is 0 Å². The van der Waals surface area contributed by atoms with E-state index in [2.05, 4.69) is 91.9 Å². The number of likely N-dealkylation sites (N-methyl/N-ethyl adjacent to an activating group) is 1. The second-order valence-corrected chi connectivity index (χ2v) is 11.3. The molecule has 0 unspecified atom stereocenters. The standard InChI is InChI=1S/C26H36N4.C11H20N2.C2H6/c1-5-20-16-23(21-12-14-22(15-13-21)25(27)18-29(4)28)17-26(19(20)3)30(6-2)24-10-8-7-9-11-24;1-6-11(8-12-4)9(2)7-10(3)13-5;1-2/h5,12-18,24H,1,6-11,27-28H2,2-4H3;6-7,12-13H,1,8H2,2-5H3;1-2H3/b25-18-;10-7-,11-9+;. The van der Waals surface area contributed by atoms with Gasteiger partial charge in [0.05, 0.1) is 5.70 Å². The minimum absolute atomic E-state index is 0.635. The topological polar surface area (TPSA) is 82.6 Å². The van der Waals surface area contributed by atoms with E-state index in [1.165, 1.54) is 76.2 Å². The van der Waals surface area contributed by atoms with Crippen LogP contribution in [-0.4, -0.2) is 45.3 Å². The summed E-state index contributed by atoms with van der Waals surface area (Å²) >= 11 is 0. The molecule has 3 rings (SSSR count). The molecule has 6 heteroatoms. The third-order valence-electron chi connectivity index (χ3n) is 8.15. The number of rotatable bonds is 12. The molecule has 0 bridgehead atoms. The van der Waals surface area contributed by atoms with Crippen LogP contribution < -0.4 is 27.1 Å². The van der Waals surface area contributed by atoms with Crippen molar-refractivity contribution in [1.29, 1.82) is 0 Å². The van der Waals surface area contributed by atoms with Crippen molar-refractivity contribution in [3.8, 4) is 11.1 Å². The Morgan fingerprint density at radius 3 is 2.11 bits per heavy atom. The summed E-state index contributed by atoms with van der Waals surface area (Å²) in [7, 11) is 5.62. The molecule has 0 amide bonds. The van der Waals surface area contributed by atoms with E-state index in [-0.39, 0.29) is 0 Å². The van der Waals surface area contributed by atoms with Gasteiger partial charge in [0, 0.05) is 50.8 Å². The monoisotopic (exact) mass is 615 g/mol. The van der Waals surface area contributed by atoms with Crippen LogP contribution in [0, 0.1) is 6.92 Å². The van der Waals surface area contributed by atoms with Crippen molar-refractivity contribution in [2.24, 2.45) is 11.6 Å². The van der Waals surface area contributed by atoms with Crippen molar-refractivity contribution >= 4 is 17.5 Å². The molecule has 6 N–H and O–H groups in total. The van der Waals surface area contributed by atoms with Crippen LogP contribution in [0.25, 0.3) is 22.9 Å². The normalized spacial score (nSPS) is 14.2. The first-order chi connectivity index (χ1) is 21.6. The van der Waals surface area contributed by atoms with Crippen molar-refractivity contribution in [3.05, 3.63) is 101 Å². The lowest BCUT2D eigenvalue weighted by Gasteiger charge is -2.37. The van der Waals surface area contributed by atoms with Crippen molar-refractivity contribution in [3.63, 3.8) is 0 Å². The van der Waals surface area contributed by atoms with Crippen LogP contribution in [0.3, 0.4) is 0 Å². The summed E-state index contributed by atoms with van der Waals surface area (Å²) in [6, 6.07) is 13.6. The van der Waals surface area contributed by atoms with Crippen molar-refractivity contribution in [2.75, 3.05) is 39.1 Å². The van der Waals surface area contributed by atoms with E-state index in [9.17, 15) is 0 Å². The van der Waals surface area contributed by atoms with E-state index in [1.54, 1.807) is 13.2 Å². The molecule has 45 heavy (non-hydrogen) atoms. The summed E-state index contributed by atoms with van der Waals surface area (Å²) < 4.78 is 0. The van der Waals surface area contributed by atoms with Gasteiger partial charge in [-0.15, -0.1) is 0 Å². The van der Waals surface area contributed by atoms with Crippen LogP contribution in [0.1, 0.15) is 83.4 Å². The molecule has 2 aromatic carbocycles. The zero-order valence-electron chi connectivity index (χ0n) is 29.8. The molecule has 1 aliphatic rings. The summed E-state index contributed by atoms with van der Waals surface area (Å²) in [6.07, 6.45) is 14.3. The van der Waals surface area contributed by atoms with Crippen LogP contribution in [0.15, 0.2) is 84.8 Å². The SMILES string of the molecule is C=C/C(CNC)=C(C)\C=C(\C)NC.C=Cc1cc(-c2ccc(/C(N)=C/N(C)N)cc2)cc(N(CC)C2CCCCC2)c1C.CC. The molecule has 0 saturated heterocycles. The molecule has 1 saturated carbocycles. The Kier molecular flexibility index (Phi) is 18.4. The second-order valence-electron chi connectivity index (χ2n) is 11.3. The zero-order valence-corrected chi connectivity index (χ0v) is 29.8. The molecule has 248 valence electrons. The molecular formula is C39H62N6. The Morgan fingerprint density at radius 2 is 1.62 bits per heavy atom. The maximum absolute atomic E-state index is 6.13. The quantitative estimate of drug-likeness (QED) is 0.109.